The molecule has 1 aliphatic heterocycles. The molecule has 9 unspecified atom stereocenters. The van der Waals surface area contributed by atoms with Crippen LogP contribution in [0.1, 0.15) is 57.3 Å². The molecule has 2 N–H and O–H groups in total. The molecule has 8 nitrogen and oxygen atoms in total. The van der Waals surface area contributed by atoms with Crippen LogP contribution in [0.25, 0.3) is 0 Å². The Balaban J connectivity index is 1.82. The Morgan fingerprint density at radius 2 is 1.78 bits per heavy atom. The molecule has 8 heteroatoms. The number of hydrogen-bond acceptors (Lipinski definition) is 8. The van der Waals surface area contributed by atoms with Gasteiger partial charge in [0.1, 0.15) is 5.60 Å². The zero-order chi connectivity index (χ0) is 27.1. The molecule has 0 aromatic heterocycles. The van der Waals surface area contributed by atoms with Crippen LogP contribution >= 0.6 is 0 Å². The van der Waals surface area contributed by atoms with Gasteiger partial charge in [-0.15, -0.1) is 0 Å². The Hall–Kier alpha value is -2.13. The third kappa shape index (κ3) is 3.13. The van der Waals surface area contributed by atoms with Crippen molar-refractivity contribution in [1.29, 1.82) is 0 Å². The first-order valence-corrected chi connectivity index (χ1v) is 13.3. The number of benzene rings is 1. The number of nitrogens with zero attached hydrogens (tertiary/aromatic N) is 1. The van der Waals surface area contributed by atoms with Crippen molar-refractivity contribution in [2.24, 2.45) is 28.6 Å². The summed E-state index contributed by atoms with van der Waals surface area (Å²) in [5.41, 5.74) is -5.47. The van der Waals surface area contributed by atoms with E-state index in [9.17, 15) is 24.6 Å². The second-order valence-corrected chi connectivity index (χ2v) is 12.6. The van der Waals surface area contributed by atoms with Crippen LogP contribution in [0.5, 0.6) is 0 Å². The maximum atomic E-state index is 14.4. The molecule has 4 fully saturated rings. The lowest BCUT2D eigenvalue weighted by Crippen LogP contribution is -2.87. The fraction of sp³-hybridized carbons (Fsp3) is 0.690. The SMILES string of the molecule is CC1CCC2(O)C(OC(=O)c3ccccc3)C3(N(C)C)C4COC4CC(O)C3(C)C(=O)C(=O)C1C2(C)C. The van der Waals surface area contributed by atoms with Crippen molar-refractivity contribution in [1.82, 2.24) is 4.90 Å². The lowest BCUT2D eigenvalue weighted by molar-refractivity contribution is -0.320. The summed E-state index contributed by atoms with van der Waals surface area (Å²) in [7, 11) is 3.54. The van der Waals surface area contributed by atoms with E-state index in [2.05, 4.69) is 0 Å². The number of aliphatic hydroxyl groups is 2. The molecule has 0 radical (unpaired) electrons. The Bertz CT molecular complexity index is 1120. The number of esters is 1. The van der Waals surface area contributed by atoms with E-state index in [0.717, 1.165) is 0 Å². The van der Waals surface area contributed by atoms with Crippen molar-refractivity contribution >= 4 is 17.5 Å². The summed E-state index contributed by atoms with van der Waals surface area (Å²) in [6, 6.07) is 8.56. The number of fused-ring (bicyclic) bond motifs is 5. The lowest BCUT2D eigenvalue weighted by Gasteiger charge is -2.71. The Labute approximate surface area is 218 Å². The Kier molecular flexibility index (Phi) is 6.04. The van der Waals surface area contributed by atoms with E-state index >= 15 is 0 Å². The van der Waals surface area contributed by atoms with Gasteiger partial charge in [-0.1, -0.05) is 39.0 Å². The first-order valence-electron chi connectivity index (χ1n) is 13.3. The van der Waals surface area contributed by atoms with E-state index in [1.165, 1.54) is 0 Å². The molecule has 9 atom stereocenters. The third-order valence-electron chi connectivity index (χ3n) is 10.7. The molecule has 3 saturated carbocycles. The molecule has 1 saturated heterocycles. The van der Waals surface area contributed by atoms with Crippen molar-refractivity contribution in [3.63, 3.8) is 0 Å². The topological polar surface area (TPSA) is 113 Å². The van der Waals surface area contributed by atoms with Gasteiger partial charge in [0, 0.05) is 23.7 Å². The van der Waals surface area contributed by atoms with Gasteiger partial charge in [-0.05, 0) is 51.9 Å². The molecule has 3 aliphatic carbocycles. The van der Waals surface area contributed by atoms with E-state index in [-0.39, 0.29) is 31.3 Å². The highest BCUT2D eigenvalue weighted by Crippen LogP contribution is 2.65. The number of ether oxygens (including phenoxy) is 2. The van der Waals surface area contributed by atoms with Crippen LogP contribution < -0.4 is 0 Å². The summed E-state index contributed by atoms with van der Waals surface area (Å²) < 4.78 is 12.2. The number of carbonyl (C=O) groups is 3. The summed E-state index contributed by atoms with van der Waals surface area (Å²) in [5.74, 6) is -3.13. The zero-order valence-electron chi connectivity index (χ0n) is 22.6. The molecular formula is C29H39NO7. The summed E-state index contributed by atoms with van der Waals surface area (Å²) >= 11 is 0. The minimum Gasteiger partial charge on any atom is -0.454 e. The summed E-state index contributed by atoms with van der Waals surface area (Å²) in [4.78, 5) is 43.9. The number of rotatable bonds is 3. The molecule has 2 bridgehead atoms. The second-order valence-electron chi connectivity index (χ2n) is 12.6. The van der Waals surface area contributed by atoms with Crippen LogP contribution in [0, 0.1) is 28.6 Å². The predicted octanol–water partition coefficient (Wildman–Crippen LogP) is 2.25. The average molecular weight is 514 g/mol. The van der Waals surface area contributed by atoms with Gasteiger partial charge in [0.05, 0.1) is 35.3 Å². The van der Waals surface area contributed by atoms with E-state index < -0.39 is 63.7 Å². The standard InChI is InChI=1S/C29H39NO7/c1-16-12-13-28(35)25(37-24(34)17-10-8-7-9-11-17)29(30(5)6)18-15-36-19(18)14-20(31)27(29,4)23(33)22(32)21(16)26(28,2)3/h7-11,16,18-21,25,31,35H,12-15H2,1-6H3. The van der Waals surface area contributed by atoms with Crippen LogP contribution in [-0.2, 0) is 19.1 Å². The second kappa shape index (κ2) is 8.43. The Morgan fingerprint density at radius 1 is 1.14 bits per heavy atom. The molecule has 0 amide bonds. The number of carbonyl (C=O) groups excluding carboxylic acids is 3. The predicted molar refractivity (Wildman–Crippen MR) is 135 cm³/mol. The van der Waals surface area contributed by atoms with Gasteiger partial charge in [-0.25, -0.2) is 4.79 Å². The smallest absolute Gasteiger partial charge is 0.338 e. The highest BCUT2D eigenvalue weighted by atomic mass is 16.6. The summed E-state index contributed by atoms with van der Waals surface area (Å²) in [5, 5.41) is 24.4. The molecule has 0 spiro atoms. The van der Waals surface area contributed by atoms with Crippen LogP contribution in [0.4, 0.5) is 0 Å². The van der Waals surface area contributed by atoms with Gasteiger partial charge < -0.3 is 19.7 Å². The van der Waals surface area contributed by atoms with Gasteiger partial charge in [0.25, 0.3) is 0 Å². The molecule has 5 rings (SSSR count). The highest BCUT2D eigenvalue weighted by Gasteiger charge is 2.80. The van der Waals surface area contributed by atoms with Crippen LogP contribution in [0.2, 0.25) is 0 Å². The normalized spacial score (nSPS) is 44.7. The maximum absolute atomic E-state index is 14.4. The van der Waals surface area contributed by atoms with Gasteiger partial charge in [-0.2, -0.15) is 0 Å². The van der Waals surface area contributed by atoms with Crippen molar-refractivity contribution in [2.75, 3.05) is 20.7 Å². The zero-order valence-corrected chi connectivity index (χ0v) is 22.6. The van der Waals surface area contributed by atoms with Crippen molar-refractivity contribution in [2.45, 2.75) is 76.4 Å². The van der Waals surface area contributed by atoms with E-state index in [0.29, 0.717) is 12.0 Å². The van der Waals surface area contributed by atoms with Crippen molar-refractivity contribution < 1.29 is 34.1 Å². The maximum Gasteiger partial charge on any atom is 0.338 e. The molecule has 1 aromatic rings. The monoisotopic (exact) mass is 513 g/mol. The van der Waals surface area contributed by atoms with Gasteiger partial charge >= 0.3 is 5.97 Å². The number of hydrogen-bond donors (Lipinski definition) is 2. The lowest BCUT2D eigenvalue weighted by atomic mass is 9.40. The average Bonchev–Trinajstić information content (AvgIpc) is 2.83. The minimum atomic E-state index is -1.66. The van der Waals surface area contributed by atoms with Crippen LogP contribution in [-0.4, -0.2) is 82.8 Å². The molecular weight excluding hydrogens is 474 g/mol. The van der Waals surface area contributed by atoms with Gasteiger partial charge in [0.15, 0.2) is 6.10 Å². The van der Waals surface area contributed by atoms with Crippen LogP contribution in [0.15, 0.2) is 30.3 Å². The van der Waals surface area contributed by atoms with E-state index in [1.807, 2.05) is 20.8 Å². The number of aliphatic hydroxyl groups excluding tert-OH is 1. The summed E-state index contributed by atoms with van der Waals surface area (Å²) in [6.07, 6.45) is -1.87. The molecule has 37 heavy (non-hydrogen) atoms. The summed E-state index contributed by atoms with van der Waals surface area (Å²) in [6.45, 7) is 7.43. The number of likely N-dealkylation sites (N-methyl/N-ethyl adjacent to an activating group) is 1. The molecule has 4 aliphatic rings. The van der Waals surface area contributed by atoms with Crippen LogP contribution in [0.3, 0.4) is 0 Å². The van der Waals surface area contributed by atoms with Crippen molar-refractivity contribution in [3.05, 3.63) is 35.9 Å². The molecule has 202 valence electrons. The van der Waals surface area contributed by atoms with Gasteiger partial charge in [-0.3, -0.25) is 14.5 Å². The number of ketones is 2. The highest BCUT2D eigenvalue weighted by molar-refractivity contribution is 6.40. The Morgan fingerprint density at radius 3 is 2.35 bits per heavy atom. The largest absolute Gasteiger partial charge is 0.454 e. The third-order valence-corrected chi connectivity index (χ3v) is 10.7. The first kappa shape index (κ1) is 26.5. The van der Waals surface area contributed by atoms with E-state index in [1.54, 1.807) is 56.3 Å². The van der Waals surface area contributed by atoms with E-state index in [4.69, 9.17) is 9.47 Å². The first-order chi connectivity index (χ1) is 17.3. The minimum absolute atomic E-state index is 0.159. The quantitative estimate of drug-likeness (QED) is 0.468. The van der Waals surface area contributed by atoms with Gasteiger partial charge in [0.2, 0.25) is 11.6 Å². The molecule has 1 aromatic carbocycles. The van der Waals surface area contributed by atoms with Crippen molar-refractivity contribution in [3.8, 4) is 0 Å². The number of Topliss-reactive ketones (excluding diaryl/α,β-unsaturated/α-hetero) is 2. The fourth-order valence-electron chi connectivity index (χ4n) is 8.58. The molecule has 1 heterocycles. The fourth-order valence-corrected chi connectivity index (χ4v) is 8.58.